The molecule has 0 aliphatic heterocycles. The maximum Gasteiger partial charge on any atom is 0.355 e. The summed E-state index contributed by atoms with van der Waals surface area (Å²) in [5.74, 6) is -1.41. The minimum absolute atomic E-state index is 0.297. The highest BCUT2D eigenvalue weighted by atomic mass is 19.1. The largest absolute Gasteiger partial charge is 0.453 e. The maximum atomic E-state index is 12.8. The average Bonchev–Trinajstić information content (AvgIpc) is 2.97. The molecule has 0 saturated heterocycles. The van der Waals surface area contributed by atoms with Crippen molar-refractivity contribution in [2.24, 2.45) is 0 Å². The van der Waals surface area contributed by atoms with Gasteiger partial charge in [-0.25, -0.2) is 9.18 Å². The van der Waals surface area contributed by atoms with Crippen LogP contribution in [0.1, 0.15) is 32.0 Å². The van der Waals surface area contributed by atoms with Gasteiger partial charge < -0.3 is 9.72 Å². The second-order valence-electron chi connectivity index (χ2n) is 5.73. The van der Waals surface area contributed by atoms with Gasteiger partial charge in [-0.15, -0.1) is 0 Å². The van der Waals surface area contributed by atoms with E-state index in [-0.39, 0.29) is 5.78 Å². The Balaban J connectivity index is 1.72. The van der Waals surface area contributed by atoms with Crippen LogP contribution in [0.25, 0.3) is 10.9 Å². The summed E-state index contributed by atoms with van der Waals surface area (Å²) in [6.45, 7) is 3.56. The summed E-state index contributed by atoms with van der Waals surface area (Å²) in [5.41, 5.74) is 3.60. The van der Waals surface area contributed by atoms with Gasteiger partial charge >= 0.3 is 5.97 Å². The number of hydrogen-bond donors (Lipinski definition) is 1. The summed E-state index contributed by atoms with van der Waals surface area (Å²) in [7, 11) is 0. The van der Waals surface area contributed by atoms with Crippen LogP contribution < -0.4 is 0 Å². The smallest absolute Gasteiger partial charge is 0.355 e. The minimum atomic E-state index is -0.598. The van der Waals surface area contributed by atoms with E-state index in [0.29, 0.717) is 11.3 Å². The number of aromatic amines is 1. The highest BCUT2D eigenvalue weighted by Gasteiger charge is 2.15. The Hall–Kier alpha value is -2.95. The monoisotopic (exact) mass is 325 g/mol. The lowest BCUT2D eigenvalue weighted by Gasteiger charge is -2.03. The summed E-state index contributed by atoms with van der Waals surface area (Å²) in [5, 5.41) is 0.942. The highest BCUT2D eigenvalue weighted by molar-refractivity contribution is 6.00. The number of Topliss-reactive ketones (excluding diaryl/α,β-unsaturated/α-hetero) is 1. The molecule has 0 fully saturated rings. The van der Waals surface area contributed by atoms with Crippen molar-refractivity contribution in [1.29, 1.82) is 0 Å². The molecule has 1 aromatic heterocycles. The number of rotatable bonds is 4. The van der Waals surface area contributed by atoms with Gasteiger partial charge in [0, 0.05) is 16.5 Å². The molecular weight excluding hydrogens is 309 g/mol. The van der Waals surface area contributed by atoms with E-state index >= 15 is 0 Å². The van der Waals surface area contributed by atoms with E-state index in [2.05, 4.69) is 4.98 Å². The zero-order valence-corrected chi connectivity index (χ0v) is 13.4. The van der Waals surface area contributed by atoms with E-state index in [1.54, 1.807) is 6.07 Å². The molecule has 2 aromatic carbocycles. The number of aromatic nitrogens is 1. The molecule has 0 aliphatic rings. The van der Waals surface area contributed by atoms with E-state index in [1.807, 2.05) is 26.0 Å². The average molecular weight is 325 g/mol. The standard InChI is InChI=1S/C19H16FNO3/c1-11-7-12(2)15-9-17(21-16(15)8-11)19(23)24-10-18(22)13-3-5-14(20)6-4-13/h3-9,21H,10H2,1-2H3. The van der Waals surface area contributed by atoms with E-state index in [9.17, 15) is 14.0 Å². The van der Waals surface area contributed by atoms with Crippen LogP contribution in [0.2, 0.25) is 0 Å². The number of esters is 1. The summed E-state index contributed by atoms with van der Waals surface area (Å²) in [6, 6.07) is 10.8. The van der Waals surface area contributed by atoms with Gasteiger partial charge in [0.1, 0.15) is 11.5 Å². The lowest BCUT2D eigenvalue weighted by atomic mass is 10.1. The summed E-state index contributed by atoms with van der Waals surface area (Å²) < 4.78 is 17.9. The number of fused-ring (bicyclic) bond motifs is 1. The van der Waals surface area contributed by atoms with Gasteiger partial charge in [-0.1, -0.05) is 6.07 Å². The molecular formula is C19H16FNO3. The van der Waals surface area contributed by atoms with Crippen LogP contribution in [0, 0.1) is 19.7 Å². The highest BCUT2D eigenvalue weighted by Crippen LogP contribution is 2.21. The third-order valence-electron chi connectivity index (χ3n) is 3.81. The molecule has 122 valence electrons. The van der Waals surface area contributed by atoms with Gasteiger partial charge in [0.15, 0.2) is 12.4 Å². The van der Waals surface area contributed by atoms with Gasteiger partial charge in [-0.05, 0) is 61.4 Å². The molecule has 0 aliphatic carbocycles. The van der Waals surface area contributed by atoms with Gasteiger partial charge in [0.05, 0.1) is 0 Å². The van der Waals surface area contributed by atoms with Crippen LogP contribution in [-0.4, -0.2) is 23.3 Å². The zero-order valence-electron chi connectivity index (χ0n) is 13.4. The Kier molecular flexibility index (Phi) is 4.16. The fraction of sp³-hybridized carbons (Fsp3) is 0.158. The Labute approximate surface area is 138 Å². The third-order valence-corrected chi connectivity index (χ3v) is 3.81. The second-order valence-corrected chi connectivity index (χ2v) is 5.73. The number of carbonyl (C=O) groups is 2. The van der Waals surface area contributed by atoms with Crippen LogP contribution in [-0.2, 0) is 4.74 Å². The molecule has 1 N–H and O–H groups in total. The number of halogens is 1. The molecule has 5 heteroatoms. The molecule has 3 rings (SSSR count). The number of H-pyrrole nitrogens is 1. The Morgan fingerprint density at radius 2 is 1.79 bits per heavy atom. The molecule has 0 spiro atoms. The minimum Gasteiger partial charge on any atom is -0.453 e. The van der Waals surface area contributed by atoms with Crippen LogP contribution in [0.15, 0.2) is 42.5 Å². The predicted octanol–water partition coefficient (Wildman–Crippen LogP) is 3.96. The molecule has 0 saturated carbocycles. The Bertz CT molecular complexity index is 926. The molecule has 0 radical (unpaired) electrons. The lowest BCUT2D eigenvalue weighted by Crippen LogP contribution is -2.14. The van der Waals surface area contributed by atoms with Crippen molar-refractivity contribution in [1.82, 2.24) is 4.98 Å². The van der Waals surface area contributed by atoms with Gasteiger partial charge in [-0.3, -0.25) is 4.79 Å². The molecule has 0 amide bonds. The van der Waals surface area contributed by atoms with Crippen molar-refractivity contribution in [3.8, 4) is 0 Å². The summed E-state index contributed by atoms with van der Waals surface area (Å²) in [6.07, 6.45) is 0. The van der Waals surface area contributed by atoms with Crippen LogP contribution in [0.5, 0.6) is 0 Å². The lowest BCUT2D eigenvalue weighted by molar-refractivity contribution is 0.0470. The van der Waals surface area contributed by atoms with Gasteiger partial charge in [0.2, 0.25) is 0 Å². The van der Waals surface area contributed by atoms with E-state index in [0.717, 1.165) is 22.0 Å². The predicted molar refractivity (Wildman–Crippen MR) is 88.8 cm³/mol. The summed E-state index contributed by atoms with van der Waals surface area (Å²) in [4.78, 5) is 27.1. The number of benzene rings is 2. The van der Waals surface area contributed by atoms with Crippen LogP contribution in [0.4, 0.5) is 4.39 Å². The molecule has 0 bridgehead atoms. The zero-order chi connectivity index (χ0) is 17.3. The quantitative estimate of drug-likeness (QED) is 0.583. The first kappa shape index (κ1) is 15.9. The Morgan fingerprint density at radius 3 is 2.50 bits per heavy atom. The first-order valence-electron chi connectivity index (χ1n) is 7.50. The fourth-order valence-electron chi connectivity index (χ4n) is 2.64. The number of nitrogens with one attached hydrogen (secondary N) is 1. The van der Waals surface area contributed by atoms with Gasteiger partial charge in [-0.2, -0.15) is 0 Å². The van der Waals surface area contributed by atoms with Crippen LogP contribution in [0.3, 0.4) is 0 Å². The SMILES string of the molecule is Cc1cc(C)c2cc(C(=O)OCC(=O)c3ccc(F)cc3)[nH]c2c1. The Morgan fingerprint density at radius 1 is 1.08 bits per heavy atom. The second kappa shape index (κ2) is 6.28. The number of ketones is 1. The number of aryl methyl sites for hydroxylation is 2. The maximum absolute atomic E-state index is 12.8. The topological polar surface area (TPSA) is 59.2 Å². The first-order valence-corrected chi connectivity index (χ1v) is 7.50. The van der Waals surface area contributed by atoms with Crippen LogP contribution >= 0.6 is 0 Å². The van der Waals surface area contributed by atoms with Crippen molar-refractivity contribution in [2.45, 2.75) is 13.8 Å². The van der Waals surface area contributed by atoms with Crippen molar-refractivity contribution in [2.75, 3.05) is 6.61 Å². The first-order chi connectivity index (χ1) is 11.4. The van der Waals surface area contributed by atoms with Crippen molar-refractivity contribution in [3.63, 3.8) is 0 Å². The van der Waals surface area contributed by atoms with Gasteiger partial charge in [0.25, 0.3) is 0 Å². The normalized spacial score (nSPS) is 10.8. The molecule has 1 heterocycles. The molecule has 3 aromatic rings. The fourth-order valence-corrected chi connectivity index (χ4v) is 2.64. The summed E-state index contributed by atoms with van der Waals surface area (Å²) >= 11 is 0. The molecule has 0 unspecified atom stereocenters. The number of ether oxygens (including phenoxy) is 1. The van der Waals surface area contributed by atoms with E-state index in [1.165, 1.54) is 24.3 Å². The third kappa shape index (κ3) is 3.20. The van der Waals surface area contributed by atoms with E-state index in [4.69, 9.17) is 4.74 Å². The van der Waals surface area contributed by atoms with Crippen molar-refractivity contribution < 1.29 is 18.7 Å². The van der Waals surface area contributed by atoms with E-state index < -0.39 is 18.4 Å². The molecule has 0 atom stereocenters. The number of hydrogen-bond acceptors (Lipinski definition) is 3. The van der Waals surface area contributed by atoms with Crippen molar-refractivity contribution >= 4 is 22.7 Å². The van der Waals surface area contributed by atoms with Crippen molar-refractivity contribution in [3.05, 3.63) is 70.7 Å². The number of carbonyl (C=O) groups excluding carboxylic acids is 2. The molecule has 24 heavy (non-hydrogen) atoms. The molecule has 4 nitrogen and oxygen atoms in total.